The van der Waals surface area contributed by atoms with E-state index in [1.165, 1.54) is 6.07 Å². The summed E-state index contributed by atoms with van der Waals surface area (Å²) in [6, 6.07) is 28.3. The highest BCUT2D eigenvalue weighted by atomic mass is 16.6. The summed E-state index contributed by atoms with van der Waals surface area (Å²) in [5.74, 6) is 1.07. The first-order valence-electron chi connectivity index (χ1n) is 11.7. The number of rotatable bonds is 4. The normalized spacial score (nSPS) is 14.1. The minimum Gasteiger partial charge on any atom is -0.438 e. The first-order chi connectivity index (χ1) is 18.2. The Balaban J connectivity index is 1.47. The van der Waals surface area contributed by atoms with Crippen LogP contribution in [0.2, 0.25) is 0 Å². The monoisotopic (exact) mass is 486 g/mol. The van der Waals surface area contributed by atoms with Crippen LogP contribution in [0.25, 0.3) is 16.4 Å². The molecule has 0 saturated carbocycles. The van der Waals surface area contributed by atoms with Crippen LogP contribution in [0, 0.1) is 10.1 Å². The predicted molar refractivity (Wildman–Crippen MR) is 139 cm³/mol. The Kier molecular flexibility index (Phi) is 4.62. The van der Waals surface area contributed by atoms with Gasteiger partial charge in [-0.05, 0) is 23.1 Å². The van der Waals surface area contributed by atoms with E-state index in [0.717, 1.165) is 27.6 Å². The van der Waals surface area contributed by atoms with Crippen molar-refractivity contribution in [3.05, 3.63) is 124 Å². The fourth-order valence-corrected chi connectivity index (χ4v) is 4.91. The smallest absolute Gasteiger partial charge is 0.269 e. The molecule has 0 bridgehead atoms. The molecule has 1 unspecified atom stereocenters. The van der Waals surface area contributed by atoms with Gasteiger partial charge in [0.1, 0.15) is 12.1 Å². The number of para-hydroxylation sites is 1. The Morgan fingerprint density at radius 2 is 1.78 bits per heavy atom. The molecule has 1 aliphatic heterocycles. The number of hydrogen-bond acceptors (Lipinski definition) is 7. The van der Waals surface area contributed by atoms with Crippen molar-refractivity contribution < 1.29 is 9.66 Å². The van der Waals surface area contributed by atoms with Crippen molar-refractivity contribution >= 4 is 33.7 Å². The van der Waals surface area contributed by atoms with Gasteiger partial charge in [-0.1, -0.05) is 66.7 Å². The van der Waals surface area contributed by atoms with Crippen LogP contribution in [0.3, 0.4) is 0 Å². The van der Waals surface area contributed by atoms with Gasteiger partial charge in [0.2, 0.25) is 11.8 Å². The van der Waals surface area contributed by atoms with Crippen molar-refractivity contribution in [1.29, 1.82) is 0 Å². The topological polar surface area (TPSA) is 107 Å². The van der Waals surface area contributed by atoms with Gasteiger partial charge in [0.15, 0.2) is 5.65 Å². The lowest BCUT2D eigenvalue weighted by molar-refractivity contribution is -0.384. The number of ether oxygens (including phenoxy) is 1. The molecule has 0 radical (unpaired) electrons. The van der Waals surface area contributed by atoms with Crippen molar-refractivity contribution in [2.75, 3.05) is 5.32 Å². The SMILES string of the molecule is O=[N+]([O-])c1cccc(C2c3ccc4ccccc4c3Oc3ncn4nc(Nc5ccccc5)nc4c32)c1. The Morgan fingerprint density at radius 1 is 0.946 bits per heavy atom. The second kappa shape index (κ2) is 8.13. The van der Waals surface area contributed by atoms with Crippen LogP contribution in [-0.2, 0) is 0 Å². The quantitative estimate of drug-likeness (QED) is 0.233. The van der Waals surface area contributed by atoms with Gasteiger partial charge in [-0.2, -0.15) is 9.50 Å². The first kappa shape index (κ1) is 21.0. The summed E-state index contributed by atoms with van der Waals surface area (Å²) in [4.78, 5) is 20.6. The predicted octanol–water partition coefficient (Wildman–Crippen LogP) is 6.22. The third-order valence-corrected chi connectivity index (χ3v) is 6.54. The molecule has 37 heavy (non-hydrogen) atoms. The molecule has 9 nitrogen and oxygen atoms in total. The third-order valence-electron chi connectivity index (χ3n) is 6.54. The van der Waals surface area contributed by atoms with Crippen molar-refractivity contribution in [2.45, 2.75) is 5.92 Å². The number of hydrogen-bond donors (Lipinski definition) is 1. The molecule has 0 fully saturated rings. The number of nitro groups is 1. The lowest BCUT2D eigenvalue weighted by Gasteiger charge is -2.28. The molecule has 2 aromatic heterocycles. The van der Waals surface area contributed by atoms with E-state index in [2.05, 4.69) is 15.4 Å². The summed E-state index contributed by atoms with van der Waals surface area (Å²) in [6.07, 6.45) is 1.57. The van der Waals surface area contributed by atoms with Gasteiger partial charge < -0.3 is 10.1 Å². The average molecular weight is 486 g/mol. The van der Waals surface area contributed by atoms with Crippen LogP contribution in [0.4, 0.5) is 17.3 Å². The van der Waals surface area contributed by atoms with E-state index in [4.69, 9.17) is 9.72 Å². The van der Waals surface area contributed by atoms with Gasteiger partial charge in [-0.15, -0.1) is 5.10 Å². The zero-order valence-corrected chi connectivity index (χ0v) is 19.3. The molecule has 1 N–H and O–H groups in total. The molecule has 0 aliphatic carbocycles. The van der Waals surface area contributed by atoms with E-state index in [1.54, 1.807) is 23.0 Å². The number of aromatic nitrogens is 4. The maximum Gasteiger partial charge on any atom is 0.269 e. The number of non-ortho nitro benzene ring substituents is 1. The zero-order valence-electron chi connectivity index (χ0n) is 19.3. The van der Waals surface area contributed by atoms with Crippen LogP contribution in [0.1, 0.15) is 22.6 Å². The van der Waals surface area contributed by atoms with E-state index in [0.29, 0.717) is 28.8 Å². The molecule has 178 valence electrons. The minimum atomic E-state index is -0.409. The number of benzene rings is 4. The third kappa shape index (κ3) is 3.44. The van der Waals surface area contributed by atoms with Crippen molar-refractivity contribution in [2.24, 2.45) is 0 Å². The van der Waals surface area contributed by atoms with E-state index in [-0.39, 0.29) is 10.6 Å². The lowest BCUT2D eigenvalue weighted by Crippen LogP contribution is -2.15. The highest BCUT2D eigenvalue weighted by Crippen LogP contribution is 2.50. The van der Waals surface area contributed by atoms with Crippen molar-refractivity contribution in [1.82, 2.24) is 19.6 Å². The van der Waals surface area contributed by atoms with E-state index < -0.39 is 5.92 Å². The summed E-state index contributed by atoms with van der Waals surface area (Å²) in [5, 5.41) is 21.4. The first-order valence-corrected chi connectivity index (χ1v) is 11.7. The number of anilines is 2. The Morgan fingerprint density at radius 3 is 2.65 bits per heavy atom. The van der Waals surface area contributed by atoms with Crippen LogP contribution in [0.15, 0.2) is 97.3 Å². The molecule has 0 spiro atoms. The largest absolute Gasteiger partial charge is 0.438 e. The molecule has 9 heteroatoms. The van der Waals surface area contributed by atoms with Crippen LogP contribution < -0.4 is 10.1 Å². The van der Waals surface area contributed by atoms with Gasteiger partial charge >= 0.3 is 0 Å². The molecule has 7 rings (SSSR count). The molecule has 0 amide bonds. The highest BCUT2D eigenvalue weighted by molar-refractivity contribution is 5.91. The molecule has 1 atom stereocenters. The number of fused-ring (bicyclic) bond motifs is 6. The fourth-order valence-electron chi connectivity index (χ4n) is 4.91. The van der Waals surface area contributed by atoms with E-state index in [9.17, 15) is 10.1 Å². The van der Waals surface area contributed by atoms with Gasteiger partial charge in [0, 0.05) is 34.7 Å². The molecule has 0 saturated heterocycles. The molecule has 4 aromatic carbocycles. The maximum atomic E-state index is 11.6. The van der Waals surface area contributed by atoms with Crippen molar-refractivity contribution in [3.63, 3.8) is 0 Å². The fraction of sp³-hybridized carbons (Fsp3) is 0.0357. The van der Waals surface area contributed by atoms with Crippen LogP contribution in [-0.4, -0.2) is 24.5 Å². The summed E-state index contributed by atoms with van der Waals surface area (Å²) in [5.41, 5.74) is 3.73. The second-order valence-corrected chi connectivity index (χ2v) is 8.75. The number of nitrogens with one attached hydrogen (secondary N) is 1. The molecule has 1 aliphatic rings. The van der Waals surface area contributed by atoms with Crippen LogP contribution in [0.5, 0.6) is 11.6 Å². The van der Waals surface area contributed by atoms with Crippen LogP contribution >= 0.6 is 0 Å². The van der Waals surface area contributed by atoms with Gasteiger partial charge in [-0.3, -0.25) is 10.1 Å². The van der Waals surface area contributed by atoms with E-state index in [1.807, 2.05) is 72.8 Å². The summed E-state index contributed by atoms with van der Waals surface area (Å²) < 4.78 is 8.01. The Hall–Kier alpha value is -5.31. The lowest BCUT2D eigenvalue weighted by atomic mass is 9.82. The Labute approximate surface area is 210 Å². The maximum absolute atomic E-state index is 11.6. The zero-order chi connectivity index (χ0) is 24.9. The van der Waals surface area contributed by atoms with Gasteiger partial charge in [0.25, 0.3) is 5.69 Å². The van der Waals surface area contributed by atoms with Crippen molar-refractivity contribution in [3.8, 4) is 11.6 Å². The summed E-state index contributed by atoms with van der Waals surface area (Å²) in [6.45, 7) is 0. The van der Waals surface area contributed by atoms with Gasteiger partial charge in [0.05, 0.1) is 10.5 Å². The standard InChI is InChI=1S/C28H18N6O3/c35-34(36)20-11-6-8-18(15-20)23-22-14-13-17-7-4-5-12-21(17)25(22)37-27-24(23)26-31-28(32-33(26)16-29-27)30-19-9-2-1-3-10-19/h1-16,23H,(H,30,32). The Bertz CT molecular complexity index is 1830. The van der Waals surface area contributed by atoms with Gasteiger partial charge in [-0.25, -0.2) is 4.98 Å². The van der Waals surface area contributed by atoms with E-state index >= 15 is 0 Å². The average Bonchev–Trinajstić information content (AvgIpc) is 3.35. The molecule has 3 heterocycles. The summed E-state index contributed by atoms with van der Waals surface area (Å²) in [7, 11) is 0. The number of nitrogens with zero attached hydrogens (tertiary/aromatic N) is 5. The molecule has 6 aromatic rings. The molecular weight excluding hydrogens is 468 g/mol. The number of nitro benzene ring substituents is 1. The highest BCUT2D eigenvalue weighted by Gasteiger charge is 2.35. The second-order valence-electron chi connectivity index (χ2n) is 8.75. The minimum absolute atomic E-state index is 0.0145. The summed E-state index contributed by atoms with van der Waals surface area (Å²) >= 11 is 0. The molecular formula is C28H18N6O3.